The Morgan fingerprint density at radius 2 is 0.259 bits per heavy atom. The van der Waals surface area contributed by atoms with Gasteiger partial charge in [0.1, 0.15) is 0 Å². The Balaban J connectivity index is 4.96. The van der Waals surface area contributed by atoms with Crippen molar-refractivity contribution in [3.8, 4) is 0 Å². The van der Waals surface area contributed by atoms with Gasteiger partial charge < -0.3 is 0 Å². The van der Waals surface area contributed by atoms with Crippen LogP contribution in [0.25, 0.3) is 0 Å². The lowest BCUT2D eigenvalue weighted by Crippen LogP contribution is -1.97. The Morgan fingerprint density at radius 1 is 0.148 bits per heavy atom. The quantitative estimate of drug-likeness (QED) is 0.0262. The molecule has 0 atom stereocenters. The smallest absolute Gasteiger partial charge is 0.00979 e. The summed E-state index contributed by atoms with van der Waals surface area (Å²) in [5, 5.41) is 0. The highest BCUT2D eigenvalue weighted by atomic mass is 32.1. The van der Waals surface area contributed by atoms with E-state index in [0.29, 0.717) is 0 Å². The van der Waals surface area contributed by atoms with Crippen LogP contribution in [0, 0.1) is 0 Å². The molecule has 0 unspecified atom stereocenters. The van der Waals surface area contributed by atoms with Crippen molar-refractivity contribution in [3.05, 3.63) is 11.1 Å². The van der Waals surface area contributed by atoms with Gasteiger partial charge in [0.2, 0.25) is 0 Å². The van der Waals surface area contributed by atoms with E-state index in [0.717, 1.165) is 23.0 Å². The monoisotopic (exact) mass is 829 g/mol. The average molecular weight is 830 g/mol. The van der Waals surface area contributed by atoms with Gasteiger partial charge in [-0.05, 0) is 100 Å². The minimum Gasteiger partial charge on any atom is -0.179 e. The van der Waals surface area contributed by atoms with Gasteiger partial charge in [-0.15, -0.1) is 0 Å². The predicted molar refractivity (Wildman–Crippen MR) is 266 cm³/mol. The van der Waals surface area contributed by atoms with Crippen LogP contribution < -0.4 is 0 Å². The van der Waals surface area contributed by atoms with E-state index in [4.69, 9.17) is 0 Å². The fraction of sp³-hybridized carbons (Fsp3) is 0.960. The van der Waals surface area contributed by atoms with E-state index >= 15 is 0 Å². The fourth-order valence-corrected chi connectivity index (χ4v) is 9.31. The molecule has 0 aromatic carbocycles. The molecule has 0 amide bonds. The van der Waals surface area contributed by atoms with Crippen LogP contribution in [-0.2, 0) is 0 Å². The molecule has 0 rings (SSSR count). The van der Waals surface area contributed by atoms with Crippen molar-refractivity contribution < 1.29 is 0 Å². The van der Waals surface area contributed by atoms with Gasteiger partial charge in [0.25, 0.3) is 0 Å². The molecule has 0 saturated carbocycles. The molecule has 0 N–H and O–H groups in total. The number of hydrogen-bond donors (Lipinski definition) is 4. The fourth-order valence-electron chi connectivity index (χ4n) is 8.41. The molecule has 0 radical (unpaired) electrons. The van der Waals surface area contributed by atoms with E-state index in [1.807, 2.05) is 11.1 Å². The van der Waals surface area contributed by atoms with Crippen LogP contribution in [0.15, 0.2) is 11.1 Å². The van der Waals surface area contributed by atoms with Gasteiger partial charge in [0.05, 0.1) is 0 Å². The Labute approximate surface area is 365 Å². The van der Waals surface area contributed by atoms with Crippen molar-refractivity contribution >= 4 is 50.5 Å². The summed E-state index contributed by atoms with van der Waals surface area (Å²) in [7, 11) is 0. The molecule has 0 aromatic rings. The average Bonchev–Trinajstić information content (AvgIpc) is 3.18. The van der Waals surface area contributed by atoms with Gasteiger partial charge >= 0.3 is 0 Å². The zero-order valence-electron chi connectivity index (χ0n) is 36.7. The Bertz CT molecular complexity index is 593. The molecule has 0 aliphatic heterocycles. The second-order valence-electron chi connectivity index (χ2n) is 17.2. The predicted octanol–water partition coefficient (Wildman–Crippen LogP) is 19.2. The van der Waals surface area contributed by atoms with Gasteiger partial charge in [-0.25, -0.2) is 0 Å². The third-order valence-electron chi connectivity index (χ3n) is 12.0. The third kappa shape index (κ3) is 44.2. The number of rotatable bonds is 48. The normalized spacial score (nSPS) is 11.6. The summed E-state index contributed by atoms with van der Waals surface area (Å²) in [6.45, 7) is 0. The third-order valence-corrected chi connectivity index (χ3v) is 13.3. The van der Waals surface area contributed by atoms with Gasteiger partial charge in [-0.1, -0.05) is 217 Å². The molecule has 0 nitrogen and oxygen atoms in total. The molecule has 4 heteroatoms. The highest BCUT2D eigenvalue weighted by Crippen LogP contribution is 2.29. The zero-order chi connectivity index (χ0) is 39.1. The lowest BCUT2D eigenvalue weighted by Gasteiger charge is -2.17. The zero-order valence-corrected chi connectivity index (χ0v) is 40.3. The first-order chi connectivity index (χ1) is 26.8. The van der Waals surface area contributed by atoms with Crippen molar-refractivity contribution in [1.29, 1.82) is 0 Å². The molecular weight excluding hydrogens is 729 g/mol. The minimum atomic E-state index is 1.06. The maximum Gasteiger partial charge on any atom is -0.00979 e. The van der Waals surface area contributed by atoms with Gasteiger partial charge in [0.15, 0.2) is 0 Å². The van der Waals surface area contributed by atoms with Crippen molar-refractivity contribution in [1.82, 2.24) is 0 Å². The number of thiol groups is 4. The van der Waals surface area contributed by atoms with Crippen LogP contribution >= 0.6 is 50.5 Å². The lowest BCUT2D eigenvalue weighted by atomic mass is 9.89. The molecule has 0 aromatic heterocycles. The van der Waals surface area contributed by atoms with E-state index in [-0.39, 0.29) is 0 Å². The Hall–Kier alpha value is 1.14. The van der Waals surface area contributed by atoms with Crippen LogP contribution in [0.3, 0.4) is 0 Å². The van der Waals surface area contributed by atoms with Crippen molar-refractivity contribution in [3.63, 3.8) is 0 Å². The molecule has 324 valence electrons. The molecule has 0 spiro atoms. The highest BCUT2D eigenvalue weighted by Gasteiger charge is 2.09. The first-order valence-electron chi connectivity index (χ1n) is 24.9. The van der Waals surface area contributed by atoms with Crippen LogP contribution in [0.5, 0.6) is 0 Å². The summed E-state index contributed by atoms with van der Waals surface area (Å²) in [5.41, 5.74) is 3.87. The second kappa shape index (κ2) is 50.3. The van der Waals surface area contributed by atoms with E-state index in [1.165, 1.54) is 283 Å². The summed E-state index contributed by atoms with van der Waals surface area (Å²) in [6, 6.07) is 0. The number of allylic oxidation sites excluding steroid dienone is 2. The van der Waals surface area contributed by atoms with Gasteiger partial charge in [-0.3, -0.25) is 0 Å². The summed E-state index contributed by atoms with van der Waals surface area (Å²) >= 11 is 17.5. The van der Waals surface area contributed by atoms with E-state index < -0.39 is 0 Å². The van der Waals surface area contributed by atoms with Gasteiger partial charge in [-0.2, -0.15) is 50.5 Å². The molecule has 0 aliphatic rings. The van der Waals surface area contributed by atoms with E-state index in [9.17, 15) is 0 Å². The molecule has 0 bridgehead atoms. The largest absolute Gasteiger partial charge is 0.179 e. The maximum atomic E-state index is 4.37. The van der Waals surface area contributed by atoms with Crippen molar-refractivity contribution in [2.24, 2.45) is 0 Å². The van der Waals surface area contributed by atoms with Crippen molar-refractivity contribution in [2.45, 2.75) is 283 Å². The first kappa shape index (κ1) is 55.1. The summed E-state index contributed by atoms with van der Waals surface area (Å²) in [6.07, 6.45) is 62.6. The topological polar surface area (TPSA) is 0 Å². The molecule has 0 saturated heterocycles. The summed E-state index contributed by atoms with van der Waals surface area (Å²) in [4.78, 5) is 0. The molecule has 0 heterocycles. The lowest BCUT2D eigenvalue weighted by molar-refractivity contribution is 0.535. The Morgan fingerprint density at radius 3 is 0.389 bits per heavy atom. The van der Waals surface area contributed by atoms with E-state index in [2.05, 4.69) is 50.5 Å². The van der Waals surface area contributed by atoms with Crippen LogP contribution in [0.4, 0.5) is 0 Å². The minimum absolute atomic E-state index is 1.06. The van der Waals surface area contributed by atoms with Gasteiger partial charge in [0, 0.05) is 0 Å². The summed E-state index contributed by atoms with van der Waals surface area (Å²) < 4.78 is 0. The van der Waals surface area contributed by atoms with Crippen LogP contribution in [-0.4, -0.2) is 23.0 Å². The van der Waals surface area contributed by atoms with Crippen LogP contribution in [0.2, 0.25) is 0 Å². The Kier molecular flexibility index (Phi) is 51.3. The number of unbranched alkanes of at least 4 members (excludes halogenated alkanes) is 36. The maximum absolute atomic E-state index is 4.37. The van der Waals surface area contributed by atoms with Crippen molar-refractivity contribution in [2.75, 3.05) is 23.0 Å². The van der Waals surface area contributed by atoms with E-state index in [1.54, 1.807) is 0 Å². The van der Waals surface area contributed by atoms with Crippen LogP contribution in [0.1, 0.15) is 283 Å². The number of hydrogen-bond acceptors (Lipinski definition) is 4. The molecule has 0 fully saturated rings. The standard InChI is InChI=1S/C50H100S4/c51-45-37-29-21-13-5-1-9-17-25-33-41-49(42-34-26-18-10-2-6-14-22-30-38-46-52)50(43-35-27-19-11-3-7-15-23-31-39-47-53)44-36-28-20-12-4-8-16-24-32-40-48-54/h51-54H,1-48H2. The molecule has 0 aliphatic carbocycles. The first-order valence-corrected chi connectivity index (χ1v) is 27.5. The molecule has 54 heavy (non-hydrogen) atoms. The second-order valence-corrected chi connectivity index (χ2v) is 19.0. The summed E-state index contributed by atoms with van der Waals surface area (Å²) in [5.74, 6) is 4.24. The highest BCUT2D eigenvalue weighted by molar-refractivity contribution is 7.80. The molecular formula is C50H100S4. The SMILES string of the molecule is SCCCCCCCCCCCCC(CCCCCCCCCCCCS)=C(CCCCCCCCCCCCS)CCCCCCCCCCCCS.